The van der Waals surface area contributed by atoms with Gasteiger partial charge in [0, 0.05) is 17.7 Å². The monoisotopic (exact) mass is 259 g/mol. The molecular formula is C9H16F3NO2S. The van der Waals surface area contributed by atoms with Crippen molar-refractivity contribution in [2.45, 2.75) is 37.2 Å². The summed E-state index contributed by atoms with van der Waals surface area (Å²) in [5.41, 5.74) is 0. The summed E-state index contributed by atoms with van der Waals surface area (Å²) in [5, 5.41) is 11.2. The van der Waals surface area contributed by atoms with Gasteiger partial charge in [-0.25, -0.2) is 0 Å². The summed E-state index contributed by atoms with van der Waals surface area (Å²) < 4.78 is 35.5. The molecule has 2 atom stereocenters. The zero-order valence-electron chi connectivity index (χ0n) is 9.17. The number of thioether (sulfide) groups is 1. The van der Waals surface area contributed by atoms with Crippen LogP contribution in [-0.2, 0) is 4.79 Å². The van der Waals surface area contributed by atoms with Gasteiger partial charge in [0.2, 0.25) is 5.91 Å². The number of aliphatic hydroxyl groups is 1. The van der Waals surface area contributed by atoms with Crippen LogP contribution in [0.2, 0.25) is 0 Å². The van der Waals surface area contributed by atoms with Crippen LogP contribution in [0.1, 0.15) is 19.8 Å². The third kappa shape index (κ3) is 6.95. The van der Waals surface area contributed by atoms with Crippen molar-refractivity contribution in [2.75, 3.05) is 12.9 Å². The molecule has 0 saturated carbocycles. The molecule has 0 aliphatic heterocycles. The van der Waals surface area contributed by atoms with Gasteiger partial charge in [-0.2, -0.15) is 24.9 Å². The van der Waals surface area contributed by atoms with Crippen LogP contribution in [-0.4, -0.2) is 41.3 Å². The van der Waals surface area contributed by atoms with Crippen molar-refractivity contribution in [3.8, 4) is 0 Å². The molecule has 0 rings (SSSR count). The van der Waals surface area contributed by atoms with Crippen molar-refractivity contribution >= 4 is 17.7 Å². The van der Waals surface area contributed by atoms with E-state index in [-0.39, 0.29) is 17.9 Å². The van der Waals surface area contributed by atoms with Crippen molar-refractivity contribution in [3.63, 3.8) is 0 Å². The largest absolute Gasteiger partial charge is 0.395 e. The maximum atomic E-state index is 11.8. The number of carbonyl (C=O) groups is 1. The number of alkyl halides is 3. The van der Waals surface area contributed by atoms with Crippen LogP contribution in [0.15, 0.2) is 0 Å². The van der Waals surface area contributed by atoms with Crippen LogP contribution < -0.4 is 5.32 Å². The molecule has 0 aliphatic carbocycles. The van der Waals surface area contributed by atoms with Crippen LogP contribution in [0.5, 0.6) is 0 Å². The molecule has 0 aromatic rings. The van der Waals surface area contributed by atoms with Crippen molar-refractivity contribution in [3.05, 3.63) is 0 Å². The van der Waals surface area contributed by atoms with E-state index in [1.54, 1.807) is 13.2 Å². The van der Waals surface area contributed by atoms with E-state index in [0.29, 0.717) is 0 Å². The first-order valence-corrected chi connectivity index (χ1v) is 6.08. The van der Waals surface area contributed by atoms with Gasteiger partial charge in [0.1, 0.15) is 0 Å². The van der Waals surface area contributed by atoms with Crippen LogP contribution in [0, 0.1) is 0 Å². The van der Waals surface area contributed by atoms with Gasteiger partial charge in [-0.05, 0) is 13.2 Å². The first-order chi connectivity index (χ1) is 7.30. The number of hydrogen-bond acceptors (Lipinski definition) is 3. The molecule has 0 heterocycles. The Morgan fingerprint density at radius 3 is 2.44 bits per heavy atom. The summed E-state index contributed by atoms with van der Waals surface area (Å²) in [5.74, 6) is -0.641. The number of aliphatic hydroxyl groups excluding tert-OH is 1. The van der Waals surface area contributed by atoms with Crippen molar-refractivity contribution < 1.29 is 23.1 Å². The second-order valence-corrected chi connectivity index (χ2v) is 4.50. The van der Waals surface area contributed by atoms with E-state index in [9.17, 15) is 18.0 Å². The zero-order chi connectivity index (χ0) is 12.8. The molecule has 0 radical (unpaired) electrons. The van der Waals surface area contributed by atoms with E-state index >= 15 is 0 Å². The highest BCUT2D eigenvalue weighted by molar-refractivity contribution is 7.99. The fourth-order valence-corrected chi connectivity index (χ4v) is 1.74. The van der Waals surface area contributed by atoms with Gasteiger partial charge in [0.15, 0.2) is 0 Å². The van der Waals surface area contributed by atoms with E-state index in [0.717, 1.165) is 0 Å². The van der Waals surface area contributed by atoms with E-state index in [1.807, 2.05) is 0 Å². The lowest BCUT2D eigenvalue weighted by atomic mass is 10.2. The molecule has 0 fully saturated rings. The number of nitrogens with one attached hydrogen (secondary N) is 1. The molecule has 0 bridgehead atoms. The Kier molecular flexibility index (Phi) is 6.82. The van der Waals surface area contributed by atoms with Gasteiger partial charge in [-0.15, -0.1) is 0 Å². The SMILES string of the molecule is CSC(CO)C(C)NC(=O)CCC(F)(F)F. The molecule has 2 unspecified atom stereocenters. The molecule has 16 heavy (non-hydrogen) atoms. The summed E-state index contributed by atoms with van der Waals surface area (Å²) in [4.78, 5) is 11.1. The molecule has 96 valence electrons. The van der Waals surface area contributed by atoms with Gasteiger partial charge in [-0.1, -0.05) is 0 Å². The first-order valence-electron chi connectivity index (χ1n) is 4.80. The quantitative estimate of drug-likeness (QED) is 0.761. The van der Waals surface area contributed by atoms with E-state index in [4.69, 9.17) is 5.11 Å². The predicted molar refractivity (Wildman–Crippen MR) is 57.3 cm³/mol. The standard InChI is InChI=1S/C9H16F3NO2S/c1-6(7(5-14)16-2)13-8(15)3-4-9(10,11)12/h6-7,14H,3-5H2,1-2H3,(H,13,15). The Hall–Kier alpha value is -0.430. The Bertz CT molecular complexity index is 219. The lowest BCUT2D eigenvalue weighted by Crippen LogP contribution is -2.41. The average molecular weight is 259 g/mol. The maximum absolute atomic E-state index is 11.8. The van der Waals surface area contributed by atoms with Crippen LogP contribution in [0.4, 0.5) is 13.2 Å². The van der Waals surface area contributed by atoms with Gasteiger partial charge in [0.25, 0.3) is 0 Å². The lowest BCUT2D eigenvalue weighted by Gasteiger charge is -2.21. The normalized spacial score (nSPS) is 15.6. The molecule has 0 aliphatic rings. The highest BCUT2D eigenvalue weighted by Gasteiger charge is 2.28. The van der Waals surface area contributed by atoms with E-state index in [2.05, 4.69) is 5.32 Å². The number of carbonyl (C=O) groups excluding carboxylic acids is 1. The Morgan fingerprint density at radius 1 is 1.50 bits per heavy atom. The smallest absolute Gasteiger partial charge is 0.389 e. The second kappa shape index (κ2) is 7.01. The van der Waals surface area contributed by atoms with E-state index < -0.39 is 24.9 Å². The summed E-state index contributed by atoms with van der Waals surface area (Å²) in [6.07, 6.45) is -4.23. The van der Waals surface area contributed by atoms with Crippen LogP contribution >= 0.6 is 11.8 Å². The summed E-state index contributed by atoms with van der Waals surface area (Å²) in [6, 6.07) is -0.347. The van der Waals surface area contributed by atoms with Crippen LogP contribution in [0.25, 0.3) is 0 Å². The molecule has 0 aromatic carbocycles. The highest BCUT2D eigenvalue weighted by Crippen LogP contribution is 2.21. The molecule has 7 heteroatoms. The predicted octanol–water partition coefficient (Wildman–Crippen LogP) is 1.56. The Labute approximate surface area is 96.8 Å². The van der Waals surface area contributed by atoms with Gasteiger partial charge in [0.05, 0.1) is 13.0 Å². The van der Waals surface area contributed by atoms with Gasteiger partial charge < -0.3 is 10.4 Å². The number of hydrogen-bond donors (Lipinski definition) is 2. The average Bonchev–Trinajstić information content (AvgIpc) is 2.15. The minimum atomic E-state index is -4.31. The molecule has 3 nitrogen and oxygen atoms in total. The lowest BCUT2D eigenvalue weighted by molar-refractivity contribution is -0.144. The third-order valence-electron chi connectivity index (χ3n) is 2.06. The van der Waals surface area contributed by atoms with Gasteiger partial charge in [-0.3, -0.25) is 4.79 Å². The number of rotatable bonds is 6. The second-order valence-electron chi connectivity index (χ2n) is 3.43. The number of halogens is 3. The fourth-order valence-electron chi connectivity index (χ4n) is 1.11. The Morgan fingerprint density at radius 2 is 2.06 bits per heavy atom. The van der Waals surface area contributed by atoms with Crippen molar-refractivity contribution in [1.29, 1.82) is 0 Å². The van der Waals surface area contributed by atoms with E-state index in [1.165, 1.54) is 11.8 Å². The fraction of sp³-hybridized carbons (Fsp3) is 0.889. The number of amides is 1. The third-order valence-corrected chi connectivity index (χ3v) is 3.23. The molecule has 0 aromatic heterocycles. The topological polar surface area (TPSA) is 49.3 Å². The Balaban J connectivity index is 3.95. The molecule has 0 spiro atoms. The molecular weight excluding hydrogens is 243 g/mol. The highest BCUT2D eigenvalue weighted by atomic mass is 32.2. The molecule has 0 saturated heterocycles. The van der Waals surface area contributed by atoms with Crippen molar-refractivity contribution in [1.82, 2.24) is 5.32 Å². The zero-order valence-corrected chi connectivity index (χ0v) is 9.99. The first kappa shape index (κ1) is 15.6. The summed E-state index contributed by atoms with van der Waals surface area (Å²) in [7, 11) is 0. The maximum Gasteiger partial charge on any atom is 0.389 e. The van der Waals surface area contributed by atoms with Gasteiger partial charge >= 0.3 is 6.18 Å². The summed E-state index contributed by atoms with van der Waals surface area (Å²) >= 11 is 1.36. The molecule has 2 N–H and O–H groups in total. The summed E-state index contributed by atoms with van der Waals surface area (Å²) in [6.45, 7) is 1.53. The minimum absolute atomic E-state index is 0.123. The minimum Gasteiger partial charge on any atom is -0.395 e. The molecule has 1 amide bonds. The van der Waals surface area contributed by atoms with Crippen molar-refractivity contribution in [2.24, 2.45) is 0 Å². The van der Waals surface area contributed by atoms with Crippen LogP contribution in [0.3, 0.4) is 0 Å².